The Bertz CT molecular complexity index is 678. The van der Waals surface area contributed by atoms with Gasteiger partial charge in [-0.05, 0) is 58.2 Å². The normalized spacial score (nSPS) is 15.4. The van der Waals surface area contributed by atoms with Gasteiger partial charge >= 0.3 is 0 Å². The van der Waals surface area contributed by atoms with Crippen molar-refractivity contribution in [1.29, 1.82) is 0 Å². The summed E-state index contributed by atoms with van der Waals surface area (Å²) < 4.78 is 11.4. The molecule has 0 aromatic heterocycles. The lowest BCUT2D eigenvalue weighted by atomic mass is 10.1. The number of hydrogen-bond acceptors (Lipinski definition) is 4. The molecule has 0 spiro atoms. The molecule has 0 saturated carbocycles. The van der Waals surface area contributed by atoms with E-state index in [4.69, 9.17) is 9.47 Å². The Morgan fingerprint density at radius 2 is 1.97 bits per heavy atom. The van der Waals surface area contributed by atoms with Crippen LogP contribution in [0.5, 0.6) is 11.5 Å². The number of carbonyl (C=O) groups is 1. The van der Waals surface area contributed by atoms with Crippen LogP contribution in [0.15, 0.2) is 23.2 Å². The lowest BCUT2D eigenvalue weighted by Crippen LogP contribution is -2.39. The van der Waals surface area contributed by atoms with Crippen LogP contribution in [0.1, 0.15) is 58.6 Å². The molecule has 162 valence electrons. The van der Waals surface area contributed by atoms with Gasteiger partial charge in [0.05, 0.1) is 19.3 Å². The first-order valence-electron chi connectivity index (χ1n) is 10.8. The van der Waals surface area contributed by atoms with Gasteiger partial charge in [0.15, 0.2) is 17.5 Å². The molecule has 29 heavy (non-hydrogen) atoms. The molecule has 1 amide bonds. The Labute approximate surface area is 174 Å². The monoisotopic (exact) mass is 404 g/mol. The zero-order valence-corrected chi connectivity index (χ0v) is 18.3. The van der Waals surface area contributed by atoms with Crippen molar-refractivity contribution in [2.45, 2.75) is 53.0 Å². The predicted molar refractivity (Wildman–Crippen MR) is 117 cm³/mol. The number of likely N-dealkylation sites (tertiary alicyclic amines) is 1. The standard InChI is InChI=1S/C22H36N4O3/c1-5-23-22(24-13-9-15-26-14-8-10-21(26)27)25-17(4)18-11-12-19(28-6-2)20(16-18)29-7-3/h11-12,16-17H,5-10,13-15H2,1-4H3,(H2,23,24,25). The molecule has 2 N–H and O–H groups in total. The van der Waals surface area contributed by atoms with E-state index in [2.05, 4.69) is 29.5 Å². The molecule has 1 heterocycles. The summed E-state index contributed by atoms with van der Waals surface area (Å²) in [7, 11) is 0. The maximum Gasteiger partial charge on any atom is 0.222 e. The third-order valence-electron chi connectivity index (χ3n) is 4.79. The molecule has 1 aromatic rings. The molecule has 1 aromatic carbocycles. The third-order valence-corrected chi connectivity index (χ3v) is 4.79. The van der Waals surface area contributed by atoms with Gasteiger partial charge in [-0.2, -0.15) is 0 Å². The molecule has 7 heteroatoms. The molecule has 0 radical (unpaired) electrons. The van der Waals surface area contributed by atoms with Gasteiger partial charge in [0, 0.05) is 32.6 Å². The molecule has 1 aliphatic heterocycles. The molecule has 2 rings (SSSR count). The van der Waals surface area contributed by atoms with E-state index in [9.17, 15) is 4.79 Å². The van der Waals surface area contributed by atoms with E-state index < -0.39 is 0 Å². The highest BCUT2D eigenvalue weighted by Crippen LogP contribution is 2.30. The van der Waals surface area contributed by atoms with E-state index in [1.807, 2.05) is 36.9 Å². The average Bonchev–Trinajstić information content (AvgIpc) is 3.11. The average molecular weight is 405 g/mol. The highest BCUT2D eigenvalue weighted by atomic mass is 16.5. The topological polar surface area (TPSA) is 75.2 Å². The largest absolute Gasteiger partial charge is 0.490 e. The Hall–Kier alpha value is -2.44. The first-order valence-corrected chi connectivity index (χ1v) is 10.8. The van der Waals surface area contributed by atoms with Gasteiger partial charge in [0.2, 0.25) is 5.91 Å². The van der Waals surface area contributed by atoms with E-state index in [1.54, 1.807) is 0 Å². The Morgan fingerprint density at radius 3 is 2.62 bits per heavy atom. The number of ether oxygens (including phenoxy) is 2. The van der Waals surface area contributed by atoms with Crippen LogP contribution in [0, 0.1) is 0 Å². The maximum atomic E-state index is 11.7. The SMILES string of the molecule is CCNC(=NCCCN1CCCC1=O)NC(C)c1ccc(OCC)c(OCC)c1. The number of hydrogen-bond donors (Lipinski definition) is 2. The van der Waals surface area contributed by atoms with E-state index in [1.165, 1.54) is 0 Å². The molecule has 7 nitrogen and oxygen atoms in total. The molecular weight excluding hydrogens is 368 g/mol. The summed E-state index contributed by atoms with van der Waals surface area (Å²) >= 11 is 0. The van der Waals surface area contributed by atoms with Crippen molar-refractivity contribution in [3.8, 4) is 11.5 Å². The number of guanidine groups is 1. The minimum absolute atomic E-state index is 0.0582. The number of benzene rings is 1. The van der Waals surface area contributed by atoms with Crippen molar-refractivity contribution in [3.05, 3.63) is 23.8 Å². The van der Waals surface area contributed by atoms with Gasteiger partial charge in [-0.15, -0.1) is 0 Å². The van der Waals surface area contributed by atoms with Crippen LogP contribution in [0.2, 0.25) is 0 Å². The van der Waals surface area contributed by atoms with Gasteiger partial charge in [-0.3, -0.25) is 9.79 Å². The zero-order chi connectivity index (χ0) is 21.1. The molecule has 0 bridgehead atoms. The predicted octanol–water partition coefficient (Wildman–Crippen LogP) is 3.11. The van der Waals surface area contributed by atoms with Crippen molar-refractivity contribution in [2.24, 2.45) is 4.99 Å². The van der Waals surface area contributed by atoms with Crippen molar-refractivity contribution >= 4 is 11.9 Å². The minimum Gasteiger partial charge on any atom is -0.490 e. The highest BCUT2D eigenvalue weighted by molar-refractivity contribution is 5.80. The second-order valence-corrected chi connectivity index (χ2v) is 7.04. The Kier molecular flexibility index (Phi) is 9.60. The molecule has 1 unspecified atom stereocenters. The second kappa shape index (κ2) is 12.2. The fourth-order valence-electron chi connectivity index (χ4n) is 3.34. The molecule has 1 atom stereocenters. The van der Waals surface area contributed by atoms with Crippen LogP contribution >= 0.6 is 0 Å². The quantitative estimate of drug-likeness (QED) is 0.337. The summed E-state index contributed by atoms with van der Waals surface area (Å²) in [5.41, 5.74) is 1.10. The number of nitrogens with zero attached hydrogens (tertiary/aromatic N) is 2. The first-order chi connectivity index (χ1) is 14.1. The molecule has 1 saturated heterocycles. The van der Waals surface area contributed by atoms with E-state index in [-0.39, 0.29) is 11.9 Å². The Morgan fingerprint density at radius 1 is 1.21 bits per heavy atom. The smallest absolute Gasteiger partial charge is 0.222 e. The van der Waals surface area contributed by atoms with Crippen molar-refractivity contribution in [1.82, 2.24) is 15.5 Å². The lowest BCUT2D eigenvalue weighted by molar-refractivity contribution is -0.127. The van der Waals surface area contributed by atoms with Crippen molar-refractivity contribution in [3.63, 3.8) is 0 Å². The van der Waals surface area contributed by atoms with Gasteiger partial charge in [0.1, 0.15) is 0 Å². The summed E-state index contributed by atoms with van der Waals surface area (Å²) in [6, 6.07) is 6.09. The molecule has 1 fully saturated rings. The maximum absolute atomic E-state index is 11.7. The zero-order valence-electron chi connectivity index (χ0n) is 18.3. The number of carbonyl (C=O) groups excluding carboxylic acids is 1. The van der Waals surface area contributed by atoms with Crippen LogP contribution in [-0.4, -0.2) is 56.2 Å². The summed E-state index contributed by atoms with van der Waals surface area (Å²) in [6.07, 6.45) is 2.54. The first kappa shape index (κ1) is 22.8. The van der Waals surface area contributed by atoms with Crippen LogP contribution in [0.25, 0.3) is 0 Å². The van der Waals surface area contributed by atoms with Crippen molar-refractivity contribution < 1.29 is 14.3 Å². The Balaban J connectivity index is 1.95. The van der Waals surface area contributed by atoms with Gasteiger partial charge < -0.3 is 25.0 Å². The van der Waals surface area contributed by atoms with Crippen LogP contribution in [0.4, 0.5) is 0 Å². The van der Waals surface area contributed by atoms with Crippen molar-refractivity contribution in [2.75, 3.05) is 39.4 Å². The van der Waals surface area contributed by atoms with Gasteiger partial charge in [-0.1, -0.05) is 6.07 Å². The van der Waals surface area contributed by atoms with Gasteiger partial charge in [0.25, 0.3) is 0 Å². The van der Waals surface area contributed by atoms with Gasteiger partial charge in [-0.25, -0.2) is 0 Å². The number of nitrogens with one attached hydrogen (secondary N) is 2. The van der Waals surface area contributed by atoms with Crippen LogP contribution in [-0.2, 0) is 4.79 Å². The summed E-state index contributed by atoms with van der Waals surface area (Å²) in [5, 5.41) is 6.75. The molecular formula is C22H36N4O3. The second-order valence-electron chi connectivity index (χ2n) is 7.04. The van der Waals surface area contributed by atoms with Crippen LogP contribution in [0.3, 0.4) is 0 Å². The molecule has 0 aliphatic carbocycles. The minimum atomic E-state index is 0.0582. The van der Waals surface area contributed by atoms with E-state index >= 15 is 0 Å². The van der Waals surface area contributed by atoms with E-state index in [0.717, 1.165) is 55.5 Å². The fraction of sp³-hybridized carbons (Fsp3) is 0.636. The third kappa shape index (κ3) is 7.15. The number of amides is 1. The number of rotatable bonds is 11. The highest BCUT2D eigenvalue weighted by Gasteiger charge is 2.19. The lowest BCUT2D eigenvalue weighted by Gasteiger charge is -2.20. The van der Waals surface area contributed by atoms with Crippen LogP contribution < -0.4 is 20.1 Å². The van der Waals surface area contributed by atoms with E-state index in [0.29, 0.717) is 26.2 Å². The summed E-state index contributed by atoms with van der Waals surface area (Å²) in [4.78, 5) is 18.3. The summed E-state index contributed by atoms with van der Waals surface area (Å²) in [6.45, 7) is 12.4. The fourth-order valence-corrected chi connectivity index (χ4v) is 3.34. The molecule has 1 aliphatic rings. The number of aliphatic imine (C=N–C) groups is 1. The summed E-state index contributed by atoms with van der Waals surface area (Å²) in [5.74, 6) is 2.58.